The Bertz CT molecular complexity index is 1980. The van der Waals surface area contributed by atoms with Crippen LogP contribution in [0.15, 0.2) is 48.7 Å². The van der Waals surface area contributed by atoms with Crippen LogP contribution in [0.3, 0.4) is 0 Å². The van der Waals surface area contributed by atoms with Gasteiger partial charge in [-0.2, -0.15) is 13.8 Å². The molecule has 55 heavy (non-hydrogen) atoms. The predicted octanol–water partition coefficient (Wildman–Crippen LogP) is 4.53. The molecule has 0 bridgehead atoms. The highest BCUT2D eigenvalue weighted by Crippen LogP contribution is 2.42. The normalized spacial score (nSPS) is 19.9. The Morgan fingerprint density at radius 2 is 1.67 bits per heavy atom. The third-order valence-electron chi connectivity index (χ3n) is 11.2. The molecule has 0 unspecified atom stereocenters. The summed E-state index contributed by atoms with van der Waals surface area (Å²) in [5, 5.41) is 7.43. The van der Waals surface area contributed by atoms with Gasteiger partial charge < -0.3 is 24.8 Å². The lowest BCUT2D eigenvalue weighted by atomic mass is 9.71. The van der Waals surface area contributed by atoms with E-state index in [0.717, 1.165) is 68.1 Å². The van der Waals surface area contributed by atoms with E-state index in [4.69, 9.17) is 4.74 Å². The maximum Gasteiger partial charge on any atom is 0.342 e. The molecule has 4 aliphatic heterocycles. The molecule has 17 heteroatoms. The van der Waals surface area contributed by atoms with Gasteiger partial charge >= 0.3 is 12.0 Å². The first-order valence-electron chi connectivity index (χ1n) is 18.5. The van der Waals surface area contributed by atoms with Crippen LogP contribution in [0, 0.1) is 5.41 Å². The van der Waals surface area contributed by atoms with Crippen molar-refractivity contribution in [2.45, 2.75) is 57.9 Å². The molecule has 3 aromatic rings. The number of urea groups is 1. The van der Waals surface area contributed by atoms with Crippen LogP contribution in [0.5, 0.6) is 5.75 Å². The number of amides is 5. The maximum absolute atomic E-state index is 14.7. The number of fused-ring (bicyclic) bond motifs is 1. The van der Waals surface area contributed by atoms with Crippen molar-refractivity contribution < 1.29 is 32.7 Å². The average Bonchev–Trinajstić information content (AvgIpc) is 3.24. The molecule has 1 aromatic heterocycles. The molecule has 3 N–H and O–H groups in total. The van der Waals surface area contributed by atoms with Crippen molar-refractivity contribution in [1.29, 1.82) is 0 Å². The van der Waals surface area contributed by atoms with Crippen LogP contribution in [0.25, 0.3) is 0 Å². The number of rotatable bonds is 8. The van der Waals surface area contributed by atoms with Gasteiger partial charge in [0.25, 0.3) is 11.8 Å². The number of imide groups is 1. The van der Waals surface area contributed by atoms with Gasteiger partial charge in [0.2, 0.25) is 11.9 Å². The highest BCUT2D eigenvalue weighted by atomic mass is 19.3. The van der Waals surface area contributed by atoms with Crippen LogP contribution < -0.4 is 40.4 Å². The zero-order chi connectivity index (χ0) is 39.1. The third-order valence-corrected chi connectivity index (χ3v) is 11.2. The van der Waals surface area contributed by atoms with E-state index in [1.807, 2.05) is 23.2 Å². The molecule has 15 nitrogen and oxygen atoms in total. The molecular weight excluding hydrogens is 714 g/mol. The van der Waals surface area contributed by atoms with Crippen LogP contribution in [0.4, 0.5) is 48.1 Å². The van der Waals surface area contributed by atoms with Gasteiger partial charge in [0.05, 0.1) is 25.5 Å². The lowest BCUT2D eigenvalue weighted by molar-refractivity contribution is -0.140. The maximum atomic E-state index is 14.7. The van der Waals surface area contributed by atoms with Gasteiger partial charge in [0, 0.05) is 69.2 Å². The van der Waals surface area contributed by atoms with Crippen LogP contribution in [0.2, 0.25) is 0 Å². The molecule has 0 saturated carbocycles. The zero-order valence-electron chi connectivity index (χ0n) is 31.4. The van der Waals surface area contributed by atoms with Gasteiger partial charge in [-0.3, -0.25) is 30.0 Å². The van der Waals surface area contributed by atoms with E-state index in [9.17, 15) is 28.0 Å². The fraction of sp³-hybridized carbons (Fsp3) is 0.474. The second-order valence-corrected chi connectivity index (χ2v) is 14.9. The molecule has 2 aromatic carbocycles. The van der Waals surface area contributed by atoms with Crippen LogP contribution in [-0.4, -0.2) is 104 Å². The van der Waals surface area contributed by atoms with Crippen LogP contribution in [0.1, 0.15) is 56.3 Å². The number of hydrogen-bond acceptors (Lipinski definition) is 11. The van der Waals surface area contributed by atoms with Gasteiger partial charge in [-0.25, -0.2) is 14.8 Å². The molecule has 0 aliphatic carbocycles. The zero-order valence-corrected chi connectivity index (χ0v) is 31.4. The minimum Gasteiger partial charge on any atom is -0.495 e. The second kappa shape index (κ2) is 14.9. The Morgan fingerprint density at radius 3 is 2.36 bits per heavy atom. The lowest BCUT2D eigenvalue weighted by Gasteiger charge is -2.47. The van der Waals surface area contributed by atoms with Gasteiger partial charge in [-0.05, 0) is 81.3 Å². The number of ether oxygens (including phenoxy) is 1. The van der Waals surface area contributed by atoms with Gasteiger partial charge in [-0.1, -0.05) is 6.07 Å². The Labute approximate surface area is 317 Å². The standard InChI is InChI=1S/C38H46F2N10O5/c1-24(2)50-23-38(39,40)34(53)46(3)29-22-41-35(44-32(29)50)42-28-9-8-25(20-30(28)55-4)33(52)45-48-18-13-37(14-19-48)11-16-47(17-12-37)26-6-5-7-27(21-26)49-15-10-31(51)43-36(49)54/h5-9,20-22,24H,10-19,23H2,1-4H3,(H,45,52)(H,41,42,44)(H,43,51,54). The largest absolute Gasteiger partial charge is 0.495 e. The summed E-state index contributed by atoms with van der Waals surface area (Å²) in [6.07, 6.45) is 5.56. The smallest absolute Gasteiger partial charge is 0.342 e. The van der Waals surface area contributed by atoms with E-state index < -0.39 is 24.4 Å². The molecule has 3 fully saturated rings. The van der Waals surface area contributed by atoms with E-state index in [0.29, 0.717) is 23.5 Å². The number of methoxy groups -OCH3 is 1. The second-order valence-electron chi connectivity index (χ2n) is 14.9. The Kier molecular flexibility index (Phi) is 10.2. The number of halogens is 2. The topological polar surface area (TPSA) is 156 Å². The molecule has 0 atom stereocenters. The van der Waals surface area contributed by atoms with Gasteiger partial charge in [0.1, 0.15) is 11.4 Å². The number of nitrogens with zero attached hydrogens (tertiary/aromatic N) is 7. The lowest BCUT2D eigenvalue weighted by Crippen LogP contribution is -2.52. The molecule has 0 radical (unpaired) electrons. The number of carbonyl (C=O) groups is 4. The van der Waals surface area contributed by atoms with Crippen LogP contribution in [-0.2, 0) is 9.59 Å². The van der Waals surface area contributed by atoms with E-state index in [2.05, 4.69) is 37.0 Å². The van der Waals surface area contributed by atoms with Crippen molar-refractivity contribution in [3.05, 3.63) is 54.2 Å². The molecule has 5 heterocycles. The number of aromatic nitrogens is 2. The Hall–Kier alpha value is -5.58. The van der Waals surface area contributed by atoms with Crippen molar-refractivity contribution in [3.8, 4) is 5.75 Å². The monoisotopic (exact) mass is 760 g/mol. The molecular formula is C38H46F2N10O5. The highest BCUT2D eigenvalue weighted by molar-refractivity contribution is 6.06. The van der Waals surface area contributed by atoms with Crippen molar-refractivity contribution in [3.63, 3.8) is 0 Å². The molecule has 7 rings (SSSR count). The Morgan fingerprint density at radius 1 is 0.964 bits per heavy atom. The number of anilines is 6. The number of hydrazine groups is 1. The molecule has 5 amide bonds. The first kappa shape index (κ1) is 37.7. The van der Waals surface area contributed by atoms with Gasteiger partial charge in [0.15, 0.2) is 5.82 Å². The number of alkyl halides is 2. The van der Waals surface area contributed by atoms with E-state index >= 15 is 0 Å². The minimum absolute atomic E-state index is 0.109. The van der Waals surface area contributed by atoms with E-state index in [-0.39, 0.29) is 47.1 Å². The minimum atomic E-state index is -3.60. The summed E-state index contributed by atoms with van der Waals surface area (Å²) in [7, 11) is 2.76. The summed E-state index contributed by atoms with van der Waals surface area (Å²) in [6, 6.07) is 12.1. The number of carbonyl (C=O) groups excluding carboxylic acids is 4. The summed E-state index contributed by atoms with van der Waals surface area (Å²) in [6.45, 7) is 6.26. The quantitative estimate of drug-likeness (QED) is 0.297. The fourth-order valence-corrected chi connectivity index (χ4v) is 7.78. The summed E-state index contributed by atoms with van der Waals surface area (Å²) in [5.41, 5.74) is 6.09. The van der Waals surface area contributed by atoms with E-state index in [1.54, 1.807) is 36.9 Å². The first-order chi connectivity index (χ1) is 26.3. The van der Waals surface area contributed by atoms with Crippen molar-refractivity contribution in [2.75, 3.05) is 78.3 Å². The summed E-state index contributed by atoms with van der Waals surface area (Å²) >= 11 is 0. The fourth-order valence-electron chi connectivity index (χ4n) is 7.78. The molecule has 3 saturated heterocycles. The van der Waals surface area contributed by atoms with Gasteiger partial charge in [-0.15, -0.1) is 0 Å². The van der Waals surface area contributed by atoms with Crippen molar-refractivity contribution >= 4 is 58.3 Å². The summed E-state index contributed by atoms with van der Waals surface area (Å²) < 4.78 is 35.1. The van der Waals surface area contributed by atoms with Crippen molar-refractivity contribution in [1.82, 2.24) is 25.7 Å². The van der Waals surface area contributed by atoms with E-state index in [1.165, 1.54) is 25.3 Å². The number of piperidine rings is 2. The predicted molar refractivity (Wildman–Crippen MR) is 203 cm³/mol. The first-order valence-corrected chi connectivity index (χ1v) is 18.5. The van der Waals surface area contributed by atoms with Crippen molar-refractivity contribution in [2.24, 2.45) is 5.41 Å². The van der Waals surface area contributed by atoms with Crippen LogP contribution >= 0.6 is 0 Å². The number of hydrogen-bond donors (Lipinski definition) is 3. The Balaban J connectivity index is 0.945. The molecule has 292 valence electrons. The number of nitrogens with one attached hydrogen (secondary N) is 3. The SMILES string of the molecule is COc1cc(C(=O)NN2CCC3(CC2)CCN(c2cccc(N4CCC(=O)NC4=O)c2)CC3)ccc1Nc1ncc2c(n1)N(C(C)C)CC(F)(F)C(=O)N2C. The third kappa shape index (κ3) is 7.70. The summed E-state index contributed by atoms with van der Waals surface area (Å²) in [4.78, 5) is 64.9. The average molecular weight is 761 g/mol. The molecule has 4 aliphatic rings. The highest BCUT2D eigenvalue weighted by Gasteiger charge is 2.48. The summed E-state index contributed by atoms with van der Waals surface area (Å²) in [5.74, 6) is -4.79. The molecule has 1 spiro atoms. The number of benzene rings is 2.